The SMILES string of the molecule is CC(=O)NCCCCCC(=O)NCc1ccccc1-c1ccc(C2OC(CN(C)C(C)c3ccc4ccccc4c3)C(C)C(c3ccc(CO)cc3)O2)cc1. The minimum absolute atomic E-state index is 0.00283. The minimum Gasteiger partial charge on any atom is -0.392 e. The van der Waals surface area contributed by atoms with Gasteiger partial charge in [-0.2, -0.15) is 0 Å². The molecular weight excluding hydrogens is 687 g/mol. The first-order chi connectivity index (χ1) is 26.7. The summed E-state index contributed by atoms with van der Waals surface area (Å²) in [5.41, 5.74) is 7.28. The molecule has 5 unspecified atom stereocenters. The third-order valence-electron chi connectivity index (χ3n) is 11.0. The van der Waals surface area contributed by atoms with Gasteiger partial charge in [-0.25, -0.2) is 0 Å². The summed E-state index contributed by atoms with van der Waals surface area (Å²) in [6.07, 6.45) is 2.11. The van der Waals surface area contributed by atoms with Crippen molar-refractivity contribution >= 4 is 22.6 Å². The number of benzene rings is 5. The van der Waals surface area contributed by atoms with E-state index in [-0.39, 0.29) is 42.6 Å². The first-order valence-electron chi connectivity index (χ1n) is 19.6. The molecule has 1 heterocycles. The Morgan fingerprint density at radius 3 is 2.25 bits per heavy atom. The minimum atomic E-state index is -0.574. The van der Waals surface area contributed by atoms with E-state index in [4.69, 9.17) is 9.47 Å². The Kier molecular flexibility index (Phi) is 13.9. The summed E-state index contributed by atoms with van der Waals surface area (Å²) in [5.74, 6) is 0.0627. The lowest BCUT2D eigenvalue weighted by atomic mass is 9.89. The van der Waals surface area contributed by atoms with E-state index in [1.165, 1.54) is 23.3 Å². The van der Waals surface area contributed by atoms with Crippen molar-refractivity contribution in [1.29, 1.82) is 0 Å². The fourth-order valence-corrected chi connectivity index (χ4v) is 7.40. The summed E-state index contributed by atoms with van der Waals surface area (Å²) in [6.45, 7) is 7.76. The molecule has 1 fully saturated rings. The van der Waals surface area contributed by atoms with Crippen LogP contribution < -0.4 is 10.6 Å². The van der Waals surface area contributed by atoms with Gasteiger partial charge in [-0.3, -0.25) is 14.5 Å². The van der Waals surface area contributed by atoms with Crippen molar-refractivity contribution in [2.24, 2.45) is 5.92 Å². The van der Waals surface area contributed by atoms with E-state index in [9.17, 15) is 14.7 Å². The predicted octanol–water partition coefficient (Wildman–Crippen LogP) is 8.80. The number of aliphatic hydroxyl groups is 1. The monoisotopic (exact) mass is 741 g/mol. The third-order valence-corrected chi connectivity index (χ3v) is 11.0. The average molecular weight is 742 g/mol. The Bertz CT molecular complexity index is 2010. The Balaban J connectivity index is 1.15. The molecule has 6 rings (SSSR count). The zero-order chi connectivity index (χ0) is 38.7. The Hall–Kier alpha value is -4.86. The number of rotatable bonds is 16. The van der Waals surface area contributed by atoms with Gasteiger partial charge in [-0.15, -0.1) is 0 Å². The molecule has 0 bridgehead atoms. The second-order valence-electron chi connectivity index (χ2n) is 14.9. The summed E-state index contributed by atoms with van der Waals surface area (Å²) in [6, 6.07) is 39.9. The lowest BCUT2D eigenvalue weighted by Gasteiger charge is -2.43. The maximum absolute atomic E-state index is 12.6. The molecule has 8 heteroatoms. The van der Waals surface area contributed by atoms with Crippen molar-refractivity contribution in [3.63, 3.8) is 0 Å². The standard InChI is InChI=1S/C47H55N3O5/c1-32-44(30-50(4)33(2)40-26-21-36-12-7-8-13-41(36)28-40)54-47(55-46(32)38-19-17-35(31-51)18-20-38)39-24-22-37(23-25-39)43-15-10-9-14-42(43)29-49-45(53)16-6-5-11-27-48-34(3)52/h7-10,12-15,17-26,28,32-33,44,46-47,51H,5-6,11,16,27,29-31H2,1-4H3,(H,48,52)(H,49,53). The van der Waals surface area contributed by atoms with Crippen molar-refractivity contribution < 1.29 is 24.2 Å². The lowest BCUT2D eigenvalue weighted by Crippen LogP contribution is -2.44. The molecule has 0 radical (unpaired) electrons. The molecule has 0 saturated carbocycles. The quantitative estimate of drug-likeness (QED) is 0.0875. The zero-order valence-corrected chi connectivity index (χ0v) is 32.5. The number of hydrogen-bond donors (Lipinski definition) is 3. The van der Waals surface area contributed by atoms with Crippen molar-refractivity contribution in [2.75, 3.05) is 20.1 Å². The molecule has 55 heavy (non-hydrogen) atoms. The summed E-state index contributed by atoms with van der Waals surface area (Å²) < 4.78 is 13.6. The van der Waals surface area contributed by atoms with Crippen LogP contribution in [0.5, 0.6) is 0 Å². The normalized spacial score (nSPS) is 18.9. The Morgan fingerprint density at radius 2 is 1.51 bits per heavy atom. The highest BCUT2D eigenvalue weighted by Gasteiger charge is 2.39. The molecule has 0 aliphatic carbocycles. The second-order valence-corrected chi connectivity index (χ2v) is 14.9. The average Bonchev–Trinajstić information content (AvgIpc) is 3.21. The third kappa shape index (κ3) is 10.5. The van der Waals surface area contributed by atoms with E-state index in [1.807, 2.05) is 24.3 Å². The highest BCUT2D eigenvalue weighted by Crippen LogP contribution is 2.42. The number of likely N-dealkylation sites (N-methyl/N-ethyl adjacent to an activating group) is 1. The van der Waals surface area contributed by atoms with Gasteiger partial charge in [-0.05, 0) is 77.0 Å². The summed E-state index contributed by atoms with van der Waals surface area (Å²) in [7, 11) is 2.16. The molecule has 5 aromatic carbocycles. The van der Waals surface area contributed by atoms with Crippen LogP contribution in [0.25, 0.3) is 21.9 Å². The van der Waals surface area contributed by atoms with Crippen LogP contribution in [0.4, 0.5) is 0 Å². The molecule has 5 aromatic rings. The Labute approximate surface area is 325 Å². The van der Waals surface area contributed by atoms with Crippen molar-refractivity contribution in [2.45, 2.75) is 84.1 Å². The molecule has 288 valence electrons. The van der Waals surface area contributed by atoms with Crippen molar-refractivity contribution in [3.8, 4) is 11.1 Å². The van der Waals surface area contributed by atoms with Crippen molar-refractivity contribution in [1.82, 2.24) is 15.5 Å². The van der Waals surface area contributed by atoms with E-state index >= 15 is 0 Å². The van der Waals surface area contributed by atoms with Gasteiger partial charge < -0.3 is 25.2 Å². The number of fused-ring (bicyclic) bond motifs is 1. The molecule has 1 aliphatic heterocycles. The molecule has 3 N–H and O–H groups in total. The Morgan fingerprint density at radius 1 is 0.800 bits per heavy atom. The second kappa shape index (κ2) is 19.1. The van der Waals surface area contributed by atoms with Gasteiger partial charge in [0.1, 0.15) is 0 Å². The van der Waals surface area contributed by atoms with Crippen LogP contribution in [0.2, 0.25) is 0 Å². The van der Waals surface area contributed by atoms with Gasteiger partial charge in [0.05, 0.1) is 18.8 Å². The van der Waals surface area contributed by atoms with E-state index in [2.05, 4.69) is 127 Å². The lowest BCUT2D eigenvalue weighted by molar-refractivity contribution is -0.276. The number of hydrogen-bond acceptors (Lipinski definition) is 6. The van der Waals surface area contributed by atoms with Crippen LogP contribution in [0.3, 0.4) is 0 Å². The van der Waals surface area contributed by atoms with E-state index in [1.54, 1.807) is 0 Å². The molecule has 1 saturated heterocycles. The van der Waals surface area contributed by atoms with E-state index < -0.39 is 6.29 Å². The first kappa shape index (κ1) is 39.8. The van der Waals surface area contributed by atoms with Gasteiger partial charge in [-0.1, -0.05) is 123 Å². The maximum atomic E-state index is 12.6. The van der Waals surface area contributed by atoms with Crippen LogP contribution in [0.15, 0.2) is 115 Å². The van der Waals surface area contributed by atoms with Gasteiger partial charge in [0.25, 0.3) is 0 Å². The number of carbonyl (C=O) groups excluding carboxylic acids is 2. The van der Waals surface area contributed by atoms with Crippen LogP contribution in [-0.4, -0.2) is 48.1 Å². The van der Waals surface area contributed by atoms with E-state index in [0.29, 0.717) is 26.1 Å². The highest BCUT2D eigenvalue weighted by molar-refractivity contribution is 5.83. The van der Waals surface area contributed by atoms with Crippen LogP contribution in [0.1, 0.15) is 92.7 Å². The highest BCUT2D eigenvalue weighted by atomic mass is 16.7. The molecule has 8 nitrogen and oxygen atoms in total. The van der Waals surface area contributed by atoms with Gasteiger partial charge in [0.15, 0.2) is 6.29 Å². The summed E-state index contributed by atoms with van der Waals surface area (Å²) in [4.78, 5) is 26.0. The summed E-state index contributed by atoms with van der Waals surface area (Å²) in [5, 5.41) is 18.0. The van der Waals surface area contributed by atoms with Crippen LogP contribution in [0, 0.1) is 5.92 Å². The number of nitrogens with one attached hydrogen (secondary N) is 2. The number of nitrogens with zero attached hydrogens (tertiary/aromatic N) is 1. The van der Waals surface area contributed by atoms with Gasteiger partial charge >= 0.3 is 0 Å². The largest absolute Gasteiger partial charge is 0.392 e. The fourth-order valence-electron chi connectivity index (χ4n) is 7.40. The molecule has 0 spiro atoms. The van der Waals surface area contributed by atoms with Crippen molar-refractivity contribution in [3.05, 3.63) is 143 Å². The van der Waals surface area contributed by atoms with E-state index in [0.717, 1.165) is 52.6 Å². The van der Waals surface area contributed by atoms with Gasteiger partial charge in [0, 0.05) is 50.5 Å². The maximum Gasteiger partial charge on any atom is 0.220 e. The van der Waals surface area contributed by atoms with Crippen LogP contribution >= 0.6 is 0 Å². The molecule has 1 aliphatic rings. The summed E-state index contributed by atoms with van der Waals surface area (Å²) >= 11 is 0. The zero-order valence-electron chi connectivity index (χ0n) is 32.5. The fraction of sp³-hybridized carbons (Fsp3) is 0.362. The number of aliphatic hydroxyl groups excluding tert-OH is 1. The number of amides is 2. The topological polar surface area (TPSA) is 100 Å². The van der Waals surface area contributed by atoms with Crippen LogP contribution in [-0.2, 0) is 32.2 Å². The number of unbranched alkanes of at least 4 members (excludes halogenated alkanes) is 2. The number of ether oxygens (including phenoxy) is 2. The van der Waals surface area contributed by atoms with Gasteiger partial charge in [0.2, 0.25) is 11.8 Å². The molecule has 5 atom stereocenters. The first-order valence-corrected chi connectivity index (χ1v) is 19.6. The smallest absolute Gasteiger partial charge is 0.220 e. The predicted molar refractivity (Wildman–Crippen MR) is 219 cm³/mol. The molecular formula is C47H55N3O5. The molecule has 0 aromatic heterocycles. The number of carbonyl (C=O) groups is 2. The molecule has 2 amide bonds.